The second-order valence-electron chi connectivity index (χ2n) is 6.17. The third kappa shape index (κ3) is 8.11. The van der Waals surface area contributed by atoms with Gasteiger partial charge in [0, 0.05) is 23.9 Å². The second-order valence-corrected chi connectivity index (χ2v) is 7.88. The lowest BCUT2D eigenvalue weighted by Crippen LogP contribution is -2.29. The van der Waals surface area contributed by atoms with Gasteiger partial charge in [-0.3, -0.25) is 4.79 Å². The van der Waals surface area contributed by atoms with Gasteiger partial charge in [0.15, 0.2) is 5.12 Å². The molecule has 0 aliphatic heterocycles. The Labute approximate surface area is 116 Å². The Morgan fingerprint density at radius 3 is 2.22 bits per heavy atom. The highest BCUT2D eigenvalue weighted by Gasteiger charge is 2.25. The zero-order chi connectivity index (χ0) is 14.4. The first-order valence-electron chi connectivity index (χ1n) is 6.57. The van der Waals surface area contributed by atoms with Crippen LogP contribution in [0, 0.1) is 5.92 Å². The van der Waals surface area contributed by atoms with E-state index in [-0.39, 0.29) is 28.0 Å². The Morgan fingerprint density at radius 2 is 1.78 bits per heavy atom. The number of carbonyl (C=O) groups is 1. The predicted molar refractivity (Wildman–Crippen MR) is 77.9 cm³/mol. The lowest BCUT2D eigenvalue weighted by molar-refractivity contribution is -0.113. The summed E-state index contributed by atoms with van der Waals surface area (Å²) in [5, 5.41) is 9.14. The van der Waals surface area contributed by atoms with Crippen molar-refractivity contribution >= 4 is 16.9 Å². The fourth-order valence-corrected chi connectivity index (χ4v) is 2.32. The minimum absolute atomic E-state index is 0.0704. The van der Waals surface area contributed by atoms with Crippen LogP contribution < -0.4 is 0 Å². The van der Waals surface area contributed by atoms with Crippen LogP contribution in [0.1, 0.15) is 54.4 Å². The summed E-state index contributed by atoms with van der Waals surface area (Å²) < 4.78 is 5.66. The van der Waals surface area contributed by atoms with E-state index in [1.54, 1.807) is 0 Å². The summed E-state index contributed by atoms with van der Waals surface area (Å²) in [6, 6.07) is 0. The Hall–Kier alpha value is -0.0600. The van der Waals surface area contributed by atoms with E-state index in [0.717, 1.165) is 6.42 Å². The number of aliphatic hydroxyl groups is 1. The molecule has 0 bridgehead atoms. The minimum Gasteiger partial charge on any atom is -0.396 e. The molecule has 0 fully saturated rings. The SMILES string of the molecule is CC(C)C(=O)SC(C)(C)CCOC(C)(C)CCO. The van der Waals surface area contributed by atoms with E-state index in [9.17, 15) is 4.79 Å². The van der Waals surface area contributed by atoms with E-state index in [1.165, 1.54) is 11.8 Å². The summed E-state index contributed by atoms with van der Waals surface area (Å²) in [5.41, 5.74) is -0.294. The van der Waals surface area contributed by atoms with Gasteiger partial charge in [0.1, 0.15) is 0 Å². The van der Waals surface area contributed by atoms with Crippen LogP contribution in [0.15, 0.2) is 0 Å². The molecule has 3 nitrogen and oxygen atoms in total. The number of thioether (sulfide) groups is 1. The largest absolute Gasteiger partial charge is 0.396 e. The number of aliphatic hydroxyl groups excluding tert-OH is 1. The van der Waals surface area contributed by atoms with E-state index in [0.29, 0.717) is 13.0 Å². The van der Waals surface area contributed by atoms with Crippen molar-refractivity contribution in [1.82, 2.24) is 0 Å². The van der Waals surface area contributed by atoms with Crippen molar-refractivity contribution < 1.29 is 14.6 Å². The molecular weight excluding hydrogens is 248 g/mol. The van der Waals surface area contributed by atoms with E-state index in [4.69, 9.17) is 9.84 Å². The van der Waals surface area contributed by atoms with Crippen LogP contribution in [0.2, 0.25) is 0 Å². The summed E-state index contributed by atoms with van der Waals surface area (Å²) in [4.78, 5) is 11.7. The molecule has 0 aliphatic rings. The van der Waals surface area contributed by atoms with Gasteiger partial charge in [0.25, 0.3) is 0 Å². The third-order valence-corrected chi connectivity index (χ3v) is 4.19. The molecule has 0 saturated carbocycles. The van der Waals surface area contributed by atoms with Crippen LogP contribution in [0.3, 0.4) is 0 Å². The van der Waals surface area contributed by atoms with Crippen molar-refractivity contribution in [2.45, 2.75) is 64.7 Å². The zero-order valence-corrected chi connectivity index (χ0v) is 13.4. The van der Waals surface area contributed by atoms with Crippen LogP contribution in [-0.4, -0.2) is 33.8 Å². The molecule has 0 aromatic carbocycles. The van der Waals surface area contributed by atoms with E-state index in [1.807, 2.05) is 27.7 Å². The van der Waals surface area contributed by atoms with Gasteiger partial charge >= 0.3 is 0 Å². The molecule has 0 heterocycles. The lowest BCUT2D eigenvalue weighted by Gasteiger charge is -2.28. The van der Waals surface area contributed by atoms with Crippen molar-refractivity contribution in [2.75, 3.05) is 13.2 Å². The van der Waals surface area contributed by atoms with E-state index in [2.05, 4.69) is 13.8 Å². The van der Waals surface area contributed by atoms with Gasteiger partial charge in [-0.1, -0.05) is 39.5 Å². The maximum Gasteiger partial charge on any atom is 0.191 e. The van der Waals surface area contributed by atoms with Crippen LogP contribution in [0.5, 0.6) is 0 Å². The number of hydrogen-bond donors (Lipinski definition) is 1. The molecule has 0 saturated heterocycles. The molecule has 18 heavy (non-hydrogen) atoms. The van der Waals surface area contributed by atoms with Crippen molar-refractivity contribution in [2.24, 2.45) is 5.92 Å². The minimum atomic E-state index is -0.294. The maximum absolute atomic E-state index is 11.7. The first-order valence-corrected chi connectivity index (χ1v) is 7.39. The molecule has 0 aromatic heterocycles. The fraction of sp³-hybridized carbons (Fsp3) is 0.929. The van der Waals surface area contributed by atoms with Gasteiger partial charge in [-0.25, -0.2) is 0 Å². The van der Waals surface area contributed by atoms with Gasteiger partial charge in [-0.2, -0.15) is 0 Å². The molecule has 0 radical (unpaired) electrons. The summed E-state index contributed by atoms with van der Waals surface area (Å²) in [7, 11) is 0. The number of carbonyl (C=O) groups excluding carboxylic acids is 1. The third-order valence-electron chi connectivity index (χ3n) is 2.76. The highest BCUT2D eigenvalue weighted by atomic mass is 32.2. The normalized spacial score (nSPS) is 13.1. The van der Waals surface area contributed by atoms with Gasteiger partial charge in [0.2, 0.25) is 0 Å². The Kier molecular flexibility index (Phi) is 7.48. The average molecular weight is 276 g/mol. The van der Waals surface area contributed by atoms with Crippen LogP contribution >= 0.6 is 11.8 Å². The predicted octanol–water partition coefficient (Wildman–Crippen LogP) is 3.25. The molecule has 0 rings (SSSR count). The Balaban J connectivity index is 4.08. The first kappa shape index (κ1) is 17.9. The summed E-state index contributed by atoms with van der Waals surface area (Å²) >= 11 is 1.41. The van der Waals surface area contributed by atoms with Crippen molar-refractivity contribution in [3.8, 4) is 0 Å². The van der Waals surface area contributed by atoms with Crippen molar-refractivity contribution in [3.63, 3.8) is 0 Å². The standard InChI is InChI=1S/C14H28O3S/c1-11(2)12(16)18-14(5,6)8-10-17-13(3,4)7-9-15/h11,15H,7-10H2,1-6H3. The Bertz CT molecular complexity index is 260. The smallest absolute Gasteiger partial charge is 0.191 e. The van der Waals surface area contributed by atoms with Gasteiger partial charge in [-0.05, 0) is 26.7 Å². The number of rotatable bonds is 8. The highest BCUT2D eigenvalue weighted by Crippen LogP contribution is 2.31. The quantitative estimate of drug-likeness (QED) is 0.739. The maximum atomic E-state index is 11.7. The van der Waals surface area contributed by atoms with Crippen molar-refractivity contribution in [3.05, 3.63) is 0 Å². The molecule has 0 aliphatic carbocycles. The highest BCUT2D eigenvalue weighted by molar-refractivity contribution is 8.14. The topological polar surface area (TPSA) is 46.5 Å². The molecule has 0 aromatic rings. The average Bonchev–Trinajstić information content (AvgIpc) is 2.15. The monoisotopic (exact) mass is 276 g/mol. The molecule has 1 N–H and O–H groups in total. The van der Waals surface area contributed by atoms with Crippen LogP contribution in [0.25, 0.3) is 0 Å². The molecule has 0 atom stereocenters. The summed E-state index contributed by atoms with van der Waals surface area (Å²) in [6.07, 6.45) is 1.45. The molecule has 0 unspecified atom stereocenters. The van der Waals surface area contributed by atoms with Crippen LogP contribution in [0.4, 0.5) is 0 Å². The van der Waals surface area contributed by atoms with Crippen molar-refractivity contribution in [1.29, 1.82) is 0 Å². The van der Waals surface area contributed by atoms with Gasteiger partial charge in [0.05, 0.1) is 5.60 Å². The van der Waals surface area contributed by atoms with Gasteiger partial charge in [-0.15, -0.1) is 0 Å². The number of ether oxygens (including phenoxy) is 1. The number of hydrogen-bond acceptors (Lipinski definition) is 4. The van der Waals surface area contributed by atoms with E-state index >= 15 is 0 Å². The molecule has 108 valence electrons. The molecule has 4 heteroatoms. The summed E-state index contributed by atoms with van der Waals surface area (Å²) in [6.45, 7) is 12.7. The zero-order valence-electron chi connectivity index (χ0n) is 12.6. The molecule has 0 amide bonds. The van der Waals surface area contributed by atoms with Gasteiger partial charge < -0.3 is 9.84 Å². The summed E-state index contributed by atoms with van der Waals surface area (Å²) in [5.74, 6) is 0.0704. The molecule has 0 spiro atoms. The Morgan fingerprint density at radius 1 is 1.22 bits per heavy atom. The second kappa shape index (κ2) is 7.51. The first-order chi connectivity index (χ1) is 8.09. The van der Waals surface area contributed by atoms with E-state index < -0.39 is 0 Å². The molecular formula is C14H28O3S. The lowest BCUT2D eigenvalue weighted by atomic mass is 10.1. The fourth-order valence-electron chi connectivity index (χ4n) is 1.36. The van der Waals surface area contributed by atoms with Crippen LogP contribution in [-0.2, 0) is 9.53 Å².